The molecule has 110 valence electrons. The molecule has 0 amide bonds. The van der Waals surface area contributed by atoms with Crippen LogP contribution in [0.15, 0.2) is 48.5 Å². The SMILES string of the molecule is CCOc1ccc(C(=O)C(C)(C)c2ccc(F)cc2)cc1. The molecule has 0 saturated carbocycles. The number of rotatable bonds is 5. The quantitative estimate of drug-likeness (QED) is 0.762. The molecular formula is C18H19FO2. The molecule has 0 heterocycles. The molecule has 0 N–H and O–H groups in total. The zero-order valence-electron chi connectivity index (χ0n) is 12.5. The lowest BCUT2D eigenvalue weighted by atomic mass is 9.78. The molecule has 2 aromatic rings. The van der Waals surface area contributed by atoms with Crippen LogP contribution < -0.4 is 4.74 Å². The second kappa shape index (κ2) is 6.08. The smallest absolute Gasteiger partial charge is 0.172 e. The standard InChI is InChI=1S/C18H19FO2/c1-4-21-16-11-5-13(6-12-16)17(20)18(2,3)14-7-9-15(19)10-8-14/h5-12H,4H2,1-3H3. The van der Waals surface area contributed by atoms with Crippen molar-refractivity contribution in [1.82, 2.24) is 0 Å². The number of halogens is 1. The molecule has 0 aliphatic heterocycles. The van der Waals surface area contributed by atoms with Gasteiger partial charge in [0.2, 0.25) is 0 Å². The van der Waals surface area contributed by atoms with Crippen LogP contribution in [0.5, 0.6) is 5.75 Å². The first kappa shape index (κ1) is 15.2. The van der Waals surface area contributed by atoms with Gasteiger partial charge in [-0.2, -0.15) is 0 Å². The molecule has 2 rings (SSSR count). The molecular weight excluding hydrogens is 267 g/mol. The normalized spacial score (nSPS) is 11.2. The highest BCUT2D eigenvalue weighted by Crippen LogP contribution is 2.28. The first-order valence-corrected chi connectivity index (χ1v) is 6.99. The van der Waals surface area contributed by atoms with Crippen molar-refractivity contribution >= 4 is 5.78 Å². The number of ketones is 1. The van der Waals surface area contributed by atoms with Crippen LogP contribution in [0.3, 0.4) is 0 Å². The minimum absolute atomic E-state index is 0.00263. The molecule has 21 heavy (non-hydrogen) atoms. The van der Waals surface area contributed by atoms with E-state index in [1.807, 2.05) is 20.8 Å². The minimum atomic E-state index is -0.708. The average Bonchev–Trinajstić information content (AvgIpc) is 2.48. The fraction of sp³-hybridized carbons (Fsp3) is 0.278. The summed E-state index contributed by atoms with van der Waals surface area (Å²) in [5.74, 6) is 0.439. The van der Waals surface area contributed by atoms with E-state index in [-0.39, 0.29) is 11.6 Å². The summed E-state index contributed by atoms with van der Waals surface area (Å²) >= 11 is 0. The Balaban J connectivity index is 2.26. The Hall–Kier alpha value is -2.16. The number of carbonyl (C=O) groups is 1. The zero-order valence-corrected chi connectivity index (χ0v) is 12.5. The molecule has 0 aliphatic carbocycles. The van der Waals surface area contributed by atoms with E-state index in [0.29, 0.717) is 12.2 Å². The molecule has 0 atom stereocenters. The monoisotopic (exact) mass is 286 g/mol. The van der Waals surface area contributed by atoms with Gasteiger partial charge in [-0.3, -0.25) is 4.79 Å². The molecule has 0 unspecified atom stereocenters. The molecule has 2 aromatic carbocycles. The average molecular weight is 286 g/mol. The van der Waals surface area contributed by atoms with Crippen molar-refractivity contribution in [3.05, 3.63) is 65.5 Å². The van der Waals surface area contributed by atoms with E-state index < -0.39 is 5.41 Å². The fourth-order valence-corrected chi connectivity index (χ4v) is 2.23. The molecule has 0 aromatic heterocycles. The Labute approximate surface area is 124 Å². The predicted octanol–water partition coefficient (Wildman–Crippen LogP) is 4.38. The number of hydrogen-bond donors (Lipinski definition) is 0. The molecule has 3 heteroatoms. The Morgan fingerprint density at radius 2 is 1.62 bits per heavy atom. The second-order valence-electron chi connectivity index (χ2n) is 5.42. The van der Waals surface area contributed by atoms with Gasteiger partial charge in [-0.25, -0.2) is 4.39 Å². The maximum Gasteiger partial charge on any atom is 0.172 e. The van der Waals surface area contributed by atoms with E-state index in [4.69, 9.17) is 4.74 Å². The molecule has 0 bridgehead atoms. The van der Waals surface area contributed by atoms with Crippen LogP contribution in [0.25, 0.3) is 0 Å². The van der Waals surface area contributed by atoms with E-state index in [9.17, 15) is 9.18 Å². The van der Waals surface area contributed by atoms with Gasteiger partial charge in [0, 0.05) is 5.56 Å². The van der Waals surface area contributed by atoms with Gasteiger partial charge in [-0.15, -0.1) is 0 Å². The van der Waals surface area contributed by atoms with Crippen molar-refractivity contribution in [1.29, 1.82) is 0 Å². The van der Waals surface area contributed by atoms with Gasteiger partial charge < -0.3 is 4.74 Å². The third-order valence-corrected chi connectivity index (χ3v) is 3.56. The Bertz CT molecular complexity index is 613. The molecule has 0 radical (unpaired) electrons. The number of carbonyl (C=O) groups excluding carboxylic acids is 1. The maximum absolute atomic E-state index is 13.0. The van der Waals surface area contributed by atoms with Crippen LogP contribution in [0.1, 0.15) is 36.7 Å². The van der Waals surface area contributed by atoms with Crippen molar-refractivity contribution in [2.75, 3.05) is 6.61 Å². The predicted molar refractivity (Wildman–Crippen MR) is 81.4 cm³/mol. The third-order valence-electron chi connectivity index (χ3n) is 3.56. The van der Waals surface area contributed by atoms with Crippen LogP contribution in [0.2, 0.25) is 0 Å². The molecule has 2 nitrogen and oxygen atoms in total. The minimum Gasteiger partial charge on any atom is -0.494 e. The van der Waals surface area contributed by atoms with Crippen LogP contribution in [-0.4, -0.2) is 12.4 Å². The number of benzene rings is 2. The van der Waals surface area contributed by atoms with Crippen molar-refractivity contribution in [3.8, 4) is 5.75 Å². The summed E-state index contributed by atoms with van der Waals surface area (Å²) in [5, 5.41) is 0. The van der Waals surface area contributed by atoms with Gasteiger partial charge in [0.25, 0.3) is 0 Å². The van der Waals surface area contributed by atoms with Gasteiger partial charge in [-0.1, -0.05) is 12.1 Å². The van der Waals surface area contributed by atoms with Gasteiger partial charge >= 0.3 is 0 Å². The number of ether oxygens (including phenoxy) is 1. The lowest BCUT2D eigenvalue weighted by molar-refractivity contribution is 0.0908. The van der Waals surface area contributed by atoms with Crippen molar-refractivity contribution < 1.29 is 13.9 Å². The van der Waals surface area contributed by atoms with Crippen LogP contribution in [0, 0.1) is 5.82 Å². The van der Waals surface area contributed by atoms with Gasteiger partial charge in [-0.05, 0) is 62.7 Å². The van der Waals surface area contributed by atoms with E-state index in [1.54, 1.807) is 36.4 Å². The Kier molecular flexibility index (Phi) is 4.41. The maximum atomic E-state index is 13.0. The third kappa shape index (κ3) is 3.30. The van der Waals surface area contributed by atoms with Gasteiger partial charge in [0.1, 0.15) is 11.6 Å². The fourth-order valence-electron chi connectivity index (χ4n) is 2.23. The van der Waals surface area contributed by atoms with Gasteiger partial charge in [0.15, 0.2) is 5.78 Å². The summed E-state index contributed by atoms with van der Waals surface area (Å²) in [6, 6.07) is 13.2. The summed E-state index contributed by atoms with van der Waals surface area (Å²) in [4.78, 5) is 12.7. The zero-order chi connectivity index (χ0) is 15.5. The summed E-state index contributed by atoms with van der Waals surface area (Å²) in [6.07, 6.45) is 0. The van der Waals surface area contributed by atoms with Crippen molar-refractivity contribution in [3.63, 3.8) is 0 Å². The first-order valence-electron chi connectivity index (χ1n) is 6.99. The second-order valence-corrected chi connectivity index (χ2v) is 5.42. The Morgan fingerprint density at radius 3 is 2.14 bits per heavy atom. The van der Waals surface area contributed by atoms with Crippen LogP contribution in [-0.2, 0) is 5.41 Å². The molecule has 0 spiro atoms. The summed E-state index contributed by atoms with van der Waals surface area (Å²) < 4.78 is 18.4. The summed E-state index contributed by atoms with van der Waals surface area (Å²) in [7, 11) is 0. The van der Waals surface area contributed by atoms with Crippen molar-refractivity contribution in [2.24, 2.45) is 0 Å². The van der Waals surface area contributed by atoms with E-state index >= 15 is 0 Å². The van der Waals surface area contributed by atoms with Crippen LogP contribution >= 0.6 is 0 Å². The molecule has 0 fully saturated rings. The van der Waals surface area contributed by atoms with E-state index in [1.165, 1.54) is 12.1 Å². The van der Waals surface area contributed by atoms with E-state index in [2.05, 4.69) is 0 Å². The van der Waals surface area contributed by atoms with Crippen molar-refractivity contribution in [2.45, 2.75) is 26.2 Å². The highest BCUT2D eigenvalue weighted by molar-refractivity contribution is 6.03. The van der Waals surface area contributed by atoms with Crippen LogP contribution in [0.4, 0.5) is 4.39 Å². The summed E-state index contributed by atoms with van der Waals surface area (Å²) in [6.45, 7) is 6.20. The lowest BCUT2D eigenvalue weighted by Crippen LogP contribution is -2.29. The molecule has 0 aliphatic rings. The largest absolute Gasteiger partial charge is 0.494 e. The van der Waals surface area contributed by atoms with Gasteiger partial charge in [0.05, 0.1) is 12.0 Å². The highest BCUT2D eigenvalue weighted by Gasteiger charge is 2.30. The topological polar surface area (TPSA) is 26.3 Å². The van der Waals surface area contributed by atoms with E-state index in [0.717, 1.165) is 11.3 Å². The molecule has 0 saturated heterocycles. The lowest BCUT2D eigenvalue weighted by Gasteiger charge is -2.24. The Morgan fingerprint density at radius 1 is 1.05 bits per heavy atom. The number of Topliss-reactive ketones (excluding diaryl/α,β-unsaturated/α-hetero) is 1. The highest BCUT2D eigenvalue weighted by atomic mass is 19.1. The summed E-state index contributed by atoms with van der Waals surface area (Å²) in [5.41, 5.74) is 0.705. The first-order chi connectivity index (χ1) is 9.95. The number of hydrogen-bond acceptors (Lipinski definition) is 2.